The number of anilines is 1. The van der Waals surface area contributed by atoms with Crippen molar-refractivity contribution in [2.45, 2.75) is 11.8 Å². The zero-order chi connectivity index (χ0) is 21.3. The molecule has 0 aliphatic heterocycles. The number of thiophene rings is 1. The monoisotopic (exact) mass is 457 g/mol. The molecule has 9 nitrogen and oxygen atoms in total. The molecule has 2 N–H and O–H groups in total. The fourth-order valence-corrected chi connectivity index (χ4v) is 5.51. The van der Waals surface area contributed by atoms with Gasteiger partial charge in [-0.3, -0.25) is 0 Å². The molecule has 3 rings (SSSR count). The number of ether oxygens (including phenoxy) is 2. The van der Waals surface area contributed by atoms with Gasteiger partial charge >= 0.3 is 6.03 Å². The van der Waals surface area contributed by atoms with Gasteiger partial charge < -0.3 is 19.7 Å². The summed E-state index contributed by atoms with van der Waals surface area (Å²) in [6, 6.07) is 5.00. The van der Waals surface area contributed by atoms with Crippen LogP contribution in [0.15, 0.2) is 39.1 Å². The summed E-state index contributed by atoms with van der Waals surface area (Å²) in [6.45, 7) is 1.50. The Morgan fingerprint density at radius 3 is 2.55 bits per heavy atom. The minimum Gasteiger partial charge on any atom is -0.497 e. The van der Waals surface area contributed by atoms with Crippen LogP contribution in [0.3, 0.4) is 0 Å². The van der Waals surface area contributed by atoms with Gasteiger partial charge in [-0.2, -0.15) is 0 Å². The summed E-state index contributed by atoms with van der Waals surface area (Å²) in [7, 11) is -1.52. The molecule has 0 unspecified atom stereocenters. The number of hydrogen-bond donors (Lipinski definition) is 1. The van der Waals surface area contributed by atoms with E-state index in [1.807, 2.05) is 0 Å². The van der Waals surface area contributed by atoms with Crippen molar-refractivity contribution in [1.82, 2.24) is 5.16 Å². The van der Waals surface area contributed by atoms with E-state index < -0.39 is 21.9 Å². The number of hydrogen-bond acceptors (Lipinski definition) is 8. The molecule has 2 amide bonds. The maximum absolute atomic E-state index is 13.3. The van der Waals surface area contributed by atoms with E-state index in [1.54, 1.807) is 23.6 Å². The molecule has 29 heavy (non-hydrogen) atoms. The summed E-state index contributed by atoms with van der Waals surface area (Å²) in [5, 5.41) is 5.02. The van der Waals surface area contributed by atoms with Crippen LogP contribution >= 0.6 is 22.9 Å². The van der Waals surface area contributed by atoms with Crippen LogP contribution in [0.2, 0.25) is 5.02 Å². The van der Waals surface area contributed by atoms with Crippen molar-refractivity contribution in [2.75, 3.05) is 18.5 Å². The van der Waals surface area contributed by atoms with Crippen LogP contribution in [-0.2, 0) is 10.0 Å². The SMILES string of the molecule is COc1ccc(-c2sccc2S(=O)(=O)N(C(N)=O)c2onc(C)c2Cl)c(OC)c1. The van der Waals surface area contributed by atoms with Gasteiger partial charge in [0.1, 0.15) is 27.1 Å². The highest BCUT2D eigenvalue weighted by molar-refractivity contribution is 7.93. The molecule has 1 aromatic carbocycles. The minimum absolute atomic E-state index is 0.133. The van der Waals surface area contributed by atoms with E-state index in [9.17, 15) is 13.2 Å². The van der Waals surface area contributed by atoms with Gasteiger partial charge in [0.2, 0.25) is 0 Å². The number of halogens is 1. The normalized spacial score (nSPS) is 11.3. The topological polar surface area (TPSA) is 125 Å². The van der Waals surface area contributed by atoms with Crippen molar-refractivity contribution >= 4 is 44.9 Å². The van der Waals surface area contributed by atoms with Crippen LogP contribution in [-0.4, -0.2) is 33.8 Å². The van der Waals surface area contributed by atoms with Crippen molar-refractivity contribution in [3.8, 4) is 21.9 Å². The molecule has 2 aromatic heterocycles. The predicted molar refractivity (Wildman–Crippen MR) is 108 cm³/mol. The van der Waals surface area contributed by atoms with Crippen LogP contribution in [0.5, 0.6) is 11.5 Å². The molecule has 12 heteroatoms. The summed E-state index contributed by atoms with van der Waals surface area (Å²) in [5.41, 5.74) is 6.05. The van der Waals surface area contributed by atoms with Crippen LogP contribution in [0, 0.1) is 6.92 Å². The van der Waals surface area contributed by atoms with E-state index in [2.05, 4.69) is 5.16 Å². The van der Waals surface area contributed by atoms with E-state index >= 15 is 0 Å². The number of carbonyl (C=O) groups excluding carboxylic acids is 1. The zero-order valence-corrected chi connectivity index (χ0v) is 17.9. The van der Waals surface area contributed by atoms with Gasteiger partial charge in [-0.1, -0.05) is 16.8 Å². The molecule has 0 aliphatic carbocycles. The Bertz CT molecular complexity index is 1170. The summed E-state index contributed by atoms with van der Waals surface area (Å²) in [4.78, 5) is 12.2. The Kier molecular flexibility index (Phi) is 5.73. The lowest BCUT2D eigenvalue weighted by Gasteiger charge is -2.18. The Hall–Kier alpha value is -2.76. The summed E-state index contributed by atoms with van der Waals surface area (Å²) in [6.07, 6.45) is 0. The Morgan fingerprint density at radius 2 is 2.00 bits per heavy atom. The third kappa shape index (κ3) is 3.63. The molecule has 2 heterocycles. The second-order valence-electron chi connectivity index (χ2n) is 5.67. The van der Waals surface area contributed by atoms with Crippen LogP contribution in [0.4, 0.5) is 10.7 Å². The second kappa shape index (κ2) is 7.93. The van der Waals surface area contributed by atoms with Crippen LogP contribution in [0.25, 0.3) is 10.4 Å². The lowest BCUT2D eigenvalue weighted by Crippen LogP contribution is -2.40. The Balaban J connectivity index is 2.19. The first-order valence-electron chi connectivity index (χ1n) is 7.98. The number of nitrogens with two attached hydrogens (primary N) is 1. The average Bonchev–Trinajstić information content (AvgIpc) is 3.30. The average molecular weight is 458 g/mol. The first kappa shape index (κ1) is 21.0. The molecule has 154 valence electrons. The van der Waals surface area contributed by atoms with E-state index in [1.165, 1.54) is 27.2 Å². The number of aryl methyl sites for hydroxylation is 1. The number of amides is 2. The number of rotatable bonds is 6. The van der Waals surface area contributed by atoms with Crippen molar-refractivity contribution < 1.29 is 27.2 Å². The number of benzene rings is 1. The number of aromatic nitrogens is 1. The van der Waals surface area contributed by atoms with Gasteiger partial charge in [0.15, 0.2) is 0 Å². The number of primary amides is 1. The van der Waals surface area contributed by atoms with Crippen LogP contribution < -0.4 is 19.5 Å². The molecule has 0 fully saturated rings. The fourth-order valence-electron chi connectivity index (χ4n) is 2.58. The lowest BCUT2D eigenvalue weighted by molar-refractivity contribution is 0.255. The van der Waals surface area contributed by atoms with E-state index in [0.29, 0.717) is 21.9 Å². The number of carbonyl (C=O) groups is 1. The van der Waals surface area contributed by atoms with E-state index in [4.69, 9.17) is 31.3 Å². The van der Waals surface area contributed by atoms with Gasteiger partial charge in [0, 0.05) is 11.6 Å². The quantitative estimate of drug-likeness (QED) is 0.598. The maximum atomic E-state index is 13.3. The predicted octanol–water partition coefficient (Wildman–Crippen LogP) is 3.66. The fraction of sp³-hybridized carbons (Fsp3) is 0.176. The molecule has 0 saturated heterocycles. The molecule has 0 radical (unpaired) electrons. The van der Waals surface area contributed by atoms with E-state index in [-0.39, 0.29) is 19.9 Å². The standard InChI is InChI=1S/C17H16ClN3O6S2/c1-9-14(18)16(27-20-9)21(17(19)22)29(23,24)13-6-7-28-15(13)11-5-4-10(25-2)8-12(11)26-3/h4-8H,1-3H3,(H2,19,22). The third-order valence-corrected chi connectivity index (χ3v) is 7.19. The van der Waals surface area contributed by atoms with Crippen molar-refractivity contribution in [3.63, 3.8) is 0 Å². The first-order valence-corrected chi connectivity index (χ1v) is 10.7. The molecule has 0 bridgehead atoms. The number of sulfonamides is 1. The number of nitrogens with zero attached hydrogens (tertiary/aromatic N) is 2. The lowest BCUT2D eigenvalue weighted by atomic mass is 10.1. The highest BCUT2D eigenvalue weighted by Crippen LogP contribution is 2.42. The molecule has 3 aromatic rings. The van der Waals surface area contributed by atoms with Crippen molar-refractivity contribution in [2.24, 2.45) is 5.73 Å². The van der Waals surface area contributed by atoms with Gasteiger partial charge in [-0.15, -0.1) is 15.6 Å². The van der Waals surface area contributed by atoms with Crippen LogP contribution in [0.1, 0.15) is 5.69 Å². The van der Waals surface area contributed by atoms with Gasteiger partial charge in [0.05, 0.1) is 19.1 Å². The summed E-state index contributed by atoms with van der Waals surface area (Å²) >= 11 is 7.20. The number of methoxy groups -OCH3 is 2. The molecule has 0 saturated carbocycles. The highest BCUT2D eigenvalue weighted by atomic mass is 35.5. The Labute approximate surface area is 175 Å². The van der Waals surface area contributed by atoms with Gasteiger partial charge in [0.25, 0.3) is 15.9 Å². The van der Waals surface area contributed by atoms with Gasteiger partial charge in [-0.25, -0.2) is 13.2 Å². The molecule has 0 spiro atoms. The summed E-state index contributed by atoms with van der Waals surface area (Å²) in [5.74, 6) is 0.451. The second-order valence-corrected chi connectivity index (χ2v) is 8.72. The molecular formula is C17H16ClN3O6S2. The van der Waals surface area contributed by atoms with Crippen molar-refractivity contribution in [1.29, 1.82) is 0 Å². The maximum Gasteiger partial charge on any atom is 0.336 e. The first-order chi connectivity index (χ1) is 13.7. The molecule has 0 aliphatic rings. The summed E-state index contributed by atoms with van der Waals surface area (Å²) < 4.78 is 42.4. The third-order valence-electron chi connectivity index (χ3n) is 3.96. The highest BCUT2D eigenvalue weighted by Gasteiger charge is 2.37. The minimum atomic E-state index is -4.47. The van der Waals surface area contributed by atoms with Crippen molar-refractivity contribution in [3.05, 3.63) is 40.4 Å². The molecule has 0 atom stereocenters. The largest absolute Gasteiger partial charge is 0.497 e. The van der Waals surface area contributed by atoms with Gasteiger partial charge in [-0.05, 0) is 30.5 Å². The van der Waals surface area contributed by atoms with E-state index in [0.717, 1.165) is 11.3 Å². The smallest absolute Gasteiger partial charge is 0.336 e. The zero-order valence-electron chi connectivity index (χ0n) is 15.5. The molecular weight excluding hydrogens is 442 g/mol. The Morgan fingerprint density at radius 1 is 1.28 bits per heavy atom. The number of urea groups is 1.